The molecule has 1 aromatic carbocycles. The Balaban J connectivity index is 2.19. The Morgan fingerprint density at radius 3 is 2.64 bits per heavy atom. The van der Waals surface area contributed by atoms with Crippen LogP contribution in [0.1, 0.15) is 10.4 Å². The minimum atomic E-state index is -0.149. The second-order valence-corrected chi connectivity index (χ2v) is 5.89. The van der Waals surface area contributed by atoms with Crippen molar-refractivity contribution in [1.29, 1.82) is 0 Å². The lowest BCUT2D eigenvalue weighted by atomic mass is 10.1. The van der Waals surface area contributed by atoms with E-state index in [4.69, 9.17) is 9.15 Å². The summed E-state index contributed by atoms with van der Waals surface area (Å²) in [7, 11) is 3.47. The zero-order chi connectivity index (χ0) is 15.7. The van der Waals surface area contributed by atoms with Gasteiger partial charge in [0.15, 0.2) is 0 Å². The summed E-state index contributed by atoms with van der Waals surface area (Å²) in [6.45, 7) is 2.69. The number of hydrogen-bond acceptors (Lipinski definition) is 5. The maximum absolute atomic E-state index is 12.4. The van der Waals surface area contributed by atoms with Crippen LogP contribution in [0.15, 0.2) is 21.0 Å². The number of furan rings is 1. The maximum Gasteiger partial charge on any atom is 0.257 e. The summed E-state index contributed by atoms with van der Waals surface area (Å²) in [5.74, 6) is 0.460. The van der Waals surface area contributed by atoms with Crippen LogP contribution in [0.3, 0.4) is 0 Å². The molecule has 7 heteroatoms. The Morgan fingerprint density at radius 2 is 2.00 bits per heavy atom. The van der Waals surface area contributed by atoms with Crippen LogP contribution in [-0.2, 0) is 4.74 Å². The van der Waals surface area contributed by atoms with Crippen LogP contribution in [0.4, 0.5) is 11.6 Å². The van der Waals surface area contributed by atoms with Crippen molar-refractivity contribution in [2.75, 3.05) is 50.6 Å². The summed E-state index contributed by atoms with van der Waals surface area (Å²) < 4.78 is 12.3. The summed E-state index contributed by atoms with van der Waals surface area (Å²) in [6.07, 6.45) is 0. The van der Waals surface area contributed by atoms with Gasteiger partial charge in [-0.2, -0.15) is 0 Å². The monoisotopic (exact) mass is 367 g/mol. The lowest BCUT2D eigenvalue weighted by Gasteiger charge is -2.27. The highest BCUT2D eigenvalue weighted by molar-refractivity contribution is 9.10. The van der Waals surface area contributed by atoms with E-state index in [2.05, 4.69) is 31.5 Å². The highest BCUT2D eigenvalue weighted by Gasteiger charge is 2.26. The largest absolute Gasteiger partial charge is 0.440 e. The zero-order valence-electron chi connectivity index (χ0n) is 12.5. The Bertz CT molecular complexity index is 708. The van der Waals surface area contributed by atoms with Crippen molar-refractivity contribution in [3.8, 4) is 0 Å². The number of fused-ring (bicyclic) bond motifs is 1. The number of carbonyl (C=O) groups is 1. The van der Waals surface area contributed by atoms with Crippen molar-refractivity contribution in [3.05, 3.63) is 22.2 Å². The normalized spacial score (nSPS) is 15.1. The molecule has 2 aromatic rings. The van der Waals surface area contributed by atoms with E-state index in [-0.39, 0.29) is 5.91 Å². The second kappa shape index (κ2) is 6.18. The van der Waals surface area contributed by atoms with Crippen molar-refractivity contribution >= 4 is 44.4 Å². The Hall–Kier alpha value is -1.73. The average molecular weight is 368 g/mol. The quantitative estimate of drug-likeness (QED) is 0.871. The first kappa shape index (κ1) is 15.2. The topological polar surface area (TPSA) is 66.7 Å². The first-order valence-electron chi connectivity index (χ1n) is 7.14. The number of nitrogens with zero attached hydrogens (tertiary/aromatic N) is 1. The zero-order valence-corrected chi connectivity index (χ0v) is 14.1. The molecule has 2 N–H and O–H groups in total. The predicted octanol–water partition coefficient (Wildman–Crippen LogP) is 2.43. The molecule has 1 aliphatic heterocycles. The van der Waals surface area contributed by atoms with Crippen LogP contribution in [-0.4, -0.2) is 46.3 Å². The molecule has 0 spiro atoms. The van der Waals surface area contributed by atoms with Crippen LogP contribution >= 0.6 is 15.9 Å². The van der Waals surface area contributed by atoms with Crippen LogP contribution in [0, 0.1) is 0 Å². The van der Waals surface area contributed by atoms with Crippen LogP contribution in [0.5, 0.6) is 0 Å². The molecular weight excluding hydrogens is 350 g/mol. The molecule has 2 heterocycles. The molecule has 0 atom stereocenters. The third kappa shape index (κ3) is 2.55. The van der Waals surface area contributed by atoms with Gasteiger partial charge in [0.25, 0.3) is 5.91 Å². The Kier molecular flexibility index (Phi) is 4.26. The average Bonchev–Trinajstić information content (AvgIpc) is 2.92. The van der Waals surface area contributed by atoms with E-state index in [0.717, 1.165) is 15.5 Å². The fourth-order valence-corrected chi connectivity index (χ4v) is 3.17. The second-order valence-electron chi connectivity index (χ2n) is 5.04. The molecule has 1 aromatic heterocycles. The van der Waals surface area contributed by atoms with Gasteiger partial charge in [-0.15, -0.1) is 0 Å². The standard InChI is InChI=1S/C15H18BrN3O3/c1-17-11-8-12-9(7-10(11)16)13(14(20)18-2)15(22-12)19-3-5-21-6-4-19/h7-8,17H,3-6H2,1-2H3,(H,18,20). The number of amides is 1. The van der Waals surface area contributed by atoms with E-state index in [1.54, 1.807) is 7.05 Å². The lowest BCUT2D eigenvalue weighted by molar-refractivity contribution is 0.0961. The third-order valence-corrected chi connectivity index (χ3v) is 4.44. The van der Waals surface area contributed by atoms with Gasteiger partial charge >= 0.3 is 0 Å². The molecule has 1 amide bonds. The van der Waals surface area contributed by atoms with Gasteiger partial charge in [0, 0.05) is 43.1 Å². The predicted molar refractivity (Wildman–Crippen MR) is 89.9 cm³/mol. The van der Waals surface area contributed by atoms with Gasteiger partial charge in [-0.3, -0.25) is 4.79 Å². The van der Waals surface area contributed by atoms with Crippen molar-refractivity contribution < 1.29 is 13.9 Å². The highest BCUT2D eigenvalue weighted by Crippen LogP contribution is 2.37. The number of carbonyl (C=O) groups excluding carboxylic acids is 1. The van der Waals surface area contributed by atoms with E-state index in [1.807, 2.05) is 19.2 Å². The molecule has 1 saturated heterocycles. The number of nitrogens with one attached hydrogen (secondary N) is 2. The van der Waals surface area contributed by atoms with Gasteiger partial charge in [0.2, 0.25) is 5.88 Å². The van der Waals surface area contributed by atoms with Gasteiger partial charge in [0.05, 0.1) is 18.9 Å². The fraction of sp³-hybridized carbons (Fsp3) is 0.400. The van der Waals surface area contributed by atoms with E-state index in [1.165, 1.54) is 0 Å². The summed E-state index contributed by atoms with van der Waals surface area (Å²) >= 11 is 3.52. The number of rotatable bonds is 3. The Morgan fingerprint density at radius 1 is 1.27 bits per heavy atom. The maximum atomic E-state index is 12.4. The number of anilines is 2. The Labute approximate surface area is 136 Å². The first-order chi connectivity index (χ1) is 10.7. The van der Waals surface area contributed by atoms with Crippen LogP contribution in [0.25, 0.3) is 11.0 Å². The number of morpholine rings is 1. The van der Waals surface area contributed by atoms with Gasteiger partial charge in [0.1, 0.15) is 11.1 Å². The minimum Gasteiger partial charge on any atom is -0.440 e. The molecule has 0 unspecified atom stereocenters. The molecule has 0 saturated carbocycles. The molecule has 22 heavy (non-hydrogen) atoms. The molecule has 1 fully saturated rings. The molecular formula is C15H18BrN3O3. The minimum absolute atomic E-state index is 0.149. The summed E-state index contributed by atoms with van der Waals surface area (Å²) in [6, 6.07) is 3.81. The highest BCUT2D eigenvalue weighted by atomic mass is 79.9. The van der Waals surface area contributed by atoms with Crippen molar-refractivity contribution in [3.63, 3.8) is 0 Å². The summed E-state index contributed by atoms with van der Waals surface area (Å²) in [5, 5.41) is 6.60. The van der Waals surface area contributed by atoms with E-state index in [9.17, 15) is 4.79 Å². The molecule has 3 rings (SSSR count). The summed E-state index contributed by atoms with van der Waals surface area (Å²) in [5.41, 5.74) is 2.17. The third-order valence-electron chi connectivity index (χ3n) is 3.78. The summed E-state index contributed by atoms with van der Waals surface area (Å²) in [4.78, 5) is 14.4. The van der Waals surface area contributed by atoms with E-state index >= 15 is 0 Å². The van der Waals surface area contributed by atoms with Crippen molar-refractivity contribution in [2.45, 2.75) is 0 Å². The van der Waals surface area contributed by atoms with E-state index in [0.29, 0.717) is 43.3 Å². The van der Waals surface area contributed by atoms with Crippen LogP contribution in [0.2, 0.25) is 0 Å². The van der Waals surface area contributed by atoms with E-state index < -0.39 is 0 Å². The molecule has 0 bridgehead atoms. The van der Waals surface area contributed by atoms with Gasteiger partial charge < -0.3 is 24.7 Å². The number of ether oxygens (including phenoxy) is 1. The fourth-order valence-electron chi connectivity index (χ4n) is 2.63. The van der Waals surface area contributed by atoms with Crippen LogP contribution < -0.4 is 15.5 Å². The molecule has 118 valence electrons. The molecule has 6 nitrogen and oxygen atoms in total. The first-order valence-corrected chi connectivity index (χ1v) is 7.93. The van der Waals surface area contributed by atoms with Crippen molar-refractivity contribution in [2.24, 2.45) is 0 Å². The molecule has 1 aliphatic rings. The molecule has 0 aliphatic carbocycles. The number of benzene rings is 1. The number of halogens is 1. The van der Waals surface area contributed by atoms with Gasteiger partial charge in [-0.05, 0) is 22.0 Å². The van der Waals surface area contributed by atoms with Gasteiger partial charge in [-0.25, -0.2) is 0 Å². The lowest BCUT2D eigenvalue weighted by Crippen LogP contribution is -2.37. The smallest absolute Gasteiger partial charge is 0.257 e. The van der Waals surface area contributed by atoms with Crippen molar-refractivity contribution in [1.82, 2.24) is 5.32 Å². The number of hydrogen-bond donors (Lipinski definition) is 2. The van der Waals surface area contributed by atoms with Gasteiger partial charge in [-0.1, -0.05) is 0 Å². The SMILES string of the molecule is CNC(=O)c1c(N2CCOCC2)oc2cc(NC)c(Br)cc12. The molecule has 0 radical (unpaired) electrons.